The van der Waals surface area contributed by atoms with Crippen molar-refractivity contribution in [2.45, 2.75) is 26.8 Å². The first-order chi connectivity index (χ1) is 9.04. The molecule has 1 heterocycles. The molecule has 0 atom stereocenters. The van der Waals surface area contributed by atoms with Gasteiger partial charge in [0.05, 0.1) is 0 Å². The second-order valence-corrected chi connectivity index (χ2v) is 5.08. The molecule has 100 valence electrons. The Labute approximate surface area is 118 Å². The Balaban J connectivity index is 2.16. The van der Waals surface area contributed by atoms with Crippen LogP contribution in [0.3, 0.4) is 0 Å². The highest BCUT2D eigenvalue weighted by Crippen LogP contribution is 2.22. The van der Waals surface area contributed by atoms with Crippen molar-refractivity contribution >= 4 is 28.9 Å². The highest BCUT2D eigenvalue weighted by Gasteiger charge is 2.02. The standard InChI is InChI=1S/C14H17ClN4/c1-9(2)18-13-7-14(17-8-16-13)19-11-5-4-10(3)12(15)6-11/h4-9H,1-3H3,(H2,16,17,18,19). The number of nitrogens with one attached hydrogen (secondary N) is 2. The molecule has 0 aliphatic rings. The van der Waals surface area contributed by atoms with Crippen molar-refractivity contribution in [2.75, 3.05) is 10.6 Å². The predicted molar refractivity (Wildman–Crippen MR) is 80.3 cm³/mol. The largest absolute Gasteiger partial charge is 0.368 e. The van der Waals surface area contributed by atoms with Gasteiger partial charge in [-0.1, -0.05) is 17.7 Å². The zero-order valence-electron chi connectivity index (χ0n) is 11.2. The molecule has 4 nitrogen and oxygen atoms in total. The lowest BCUT2D eigenvalue weighted by atomic mass is 10.2. The minimum Gasteiger partial charge on any atom is -0.368 e. The third kappa shape index (κ3) is 3.83. The van der Waals surface area contributed by atoms with Crippen LogP contribution in [0.4, 0.5) is 17.3 Å². The van der Waals surface area contributed by atoms with Gasteiger partial charge in [0.25, 0.3) is 0 Å². The van der Waals surface area contributed by atoms with Gasteiger partial charge in [-0.2, -0.15) is 0 Å². The fourth-order valence-electron chi connectivity index (χ4n) is 1.62. The Hall–Kier alpha value is -1.81. The fraction of sp³-hybridized carbons (Fsp3) is 0.286. The van der Waals surface area contributed by atoms with Crippen LogP contribution in [0.25, 0.3) is 0 Å². The van der Waals surface area contributed by atoms with Crippen LogP contribution in [0.2, 0.25) is 5.02 Å². The summed E-state index contributed by atoms with van der Waals surface area (Å²) < 4.78 is 0. The van der Waals surface area contributed by atoms with Crippen LogP contribution in [0.5, 0.6) is 0 Å². The van der Waals surface area contributed by atoms with Crippen LogP contribution in [-0.4, -0.2) is 16.0 Å². The summed E-state index contributed by atoms with van der Waals surface area (Å²) in [6, 6.07) is 8.02. The Morgan fingerprint density at radius 1 is 1.11 bits per heavy atom. The van der Waals surface area contributed by atoms with Gasteiger partial charge >= 0.3 is 0 Å². The van der Waals surface area contributed by atoms with Gasteiger partial charge in [0.1, 0.15) is 18.0 Å². The summed E-state index contributed by atoms with van der Waals surface area (Å²) in [6.45, 7) is 6.10. The summed E-state index contributed by atoms with van der Waals surface area (Å²) >= 11 is 6.10. The molecule has 2 rings (SSSR count). The molecule has 0 bridgehead atoms. The van der Waals surface area contributed by atoms with Gasteiger partial charge in [0.2, 0.25) is 0 Å². The number of hydrogen-bond acceptors (Lipinski definition) is 4. The van der Waals surface area contributed by atoms with Crippen molar-refractivity contribution in [3.05, 3.63) is 41.2 Å². The number of nitrogens with zero attached hydrogens (tertiary/aromatic N) is 2. The van der Waals surface area contributed by atoms with Crippen LogP contribution in [-0.2, 0) is 0 Å². The van der Waals surface area contributed by atoms with E-state index in [0.29, 0.717) is 6.04 Å². The van der Waals surface area contributed by atoms with Gasteiger partial charge in [-0.25, -0.2) is 9.97 Å². The maximum absolute atomic E-state index is 6.10. The van der Waals surface area contributed by atoms with Gasteiger partial charge in [-0.05, 0) is 38.5 Å². The molecule has 0 radical (unpaired) electrons. The minimum absolute atomic E-state index is 0.330. The molecule has 0 fully saturated rings. The second kappa shape index (κ2) is 5.89. The van der Waals surface area contributed by atoms with Gasteiger partial charge in [-0.3, -0.25) is 0 Å². The average Bonchev–Trinajstić information content (AvgIpc) is 2.33. The number of halogens is 1. The Kier molecular flexibility index (Phi) is 4.22. The molecule has 0 saturated heterocycles. The number of aryl methyl sites for hydroxylation is 1. The molecule has 1 aromatic carbocycles. The normalized spacial score (nSPS) is 10.6. The smallest absolute Gasteiger partial charge is 0.135 e. The first kappa shape index (κ1) is 13.6. The van der Waals surface area contributed by atoms with Gasteiger partial charge in [0.15, 0.2) is 0 Å². The monoisotopic (exact) mass is 276 g/mol. The summed E-state index contributed by atoms with van der Waals surface area (Å²) in [7, 11) is 0. The molecular weight excluding hydrogens is 260 g/mol. The zero-order chi connectivity index (χ0) is 13.8. The molecule has 5 heteroatoms. The van der Waals surface area contributed by atoms with Crippen molar-refractivity contribution in [1.29, 1.82) is 0 Å². The van der Waals surface area contributed by atoms with Crippen molar-refractivity contribution < 1.29 is 0 Å². The summed E-state index contributed by atoms with van der Waals surface area (Å²) in [5, 5.41) is 7.18. The van der Waals surface area contributed by atoms with Crippen molar-refractivity contribution in [3.63, 3.8) is 0 Å². The van der Waals surface area contributed by atoms with Gasteiger partial charge in [0, 0.05) is 22.8 Å². The molecule has 0 aliphatic heterocycles. The quantitative estimate of drug-likeness (QED) is 0.886. The third-order valence-electron chi connectivity index (χ3n) is 2.55. The molecule has 0 amide bonds. The number of benzene rings is 1. The third-order valence-corrected chi connectivity index (χ3v) is 2.96. The second-order valence-electron chi connectivity index (χ2n) is 4.68. The topological polar surface area (TPSA) is 49.8 Å². The van der Waals surface area contributed by atoms with Crippen LogP contribution in [0.15, 0.2) is 30.6 Å². The molecular formula is C14H17ClN4. The Morgan fingerprint density at radius 2 is 1.84 bits per heavy atom. The molecule has 19 heavy (non-hydrogen) atoms. The molecule has 0 unspecified atom stereocenters. The average molecular weight is 277 g/mol. The first-order valence-corrected chi connectivity index (χ1v) is 6.54. The van der Waals surface area contributed by atoms with E-state index >= 15 is 0 Å². The molecule has 0 saturated carbocycles. The molecule has 0 spiro atoms. The van der Waals surface area contributed by atoms with Crippen LogP contribution >= 0.6 is 11.6 Å². The maximum atomic E-state index is 6.10. The van der Waals surface area contributed by atoms with E-state index in [-0.39, 0.29) is 0 Å². The summed E-state index contributed by atoms with van der Waals surface area (Å²) in [4.78, 5) is 8.35. The maximum Gasteiger partial charge on any atom is 0.135 e. The Morgan fingerprint density at radius 3 is 2.53 bits per heavy atom. The summed E-state index contributed by atoms with van der Waals surface area (Å²) in [5.41, 5.74) is 1.96. The van der Waals surface area contributed by atoms with E-state index in [9.17, 15) is 0 Å². The predicted octanol–water partition coefficient (Wildman–Crippen LogP) is 4.00. The van der Waals surface area contributed by atoms with Crippen molar-refractivity contribution in [1.82, 2.24) is 9.97 Å². The lowest BCUT2D eigenvalue weighted by Crippen LogP contribution is -2.11. The highest BCUT2D eigenvalue weighted by molar-refractivity contribution is 6.31. The van der Waals surface area contributed by atoms with Crippen molar-refractivity contribution in [2.24, 2.45) is 0 Å². The molecule has 0 aliphatic carbocycles. The number of anilines is 3. The summed E-state index contributed by atoms with van der Waals surface area (Å²) in [6.07, 6.45) is 1.53. The minimum atomic E-state index is 0.330. The zero-order valence-corrected chi connectivity index (χ0v) is 12.0. The van der Waals surface area contributed by atoms with Gasteiger partial charge in [-0.15, -0.1) is 0 Å². The fourth-order valence-corrected chi connectivity index (χ4v) is 1.80. The van der Waals surface area contributed by atoms with E-state index in [1.807, 2.05) is 31.2 Å². The van der Waals surface area contributed by atoms with Crippen LogP contribution < -0.4 is 10.6 Å². The van der Waals surface area contributed by atoms with E-state index in [1.54, 1.807) is 0 Å². The SMILES string of the molecule is Cc1ccc(Nc2cc(NC(C)C)ncn2)cc1Cl. The van der Waals surface area contributed by atoms with E-state index in [1.165, 1.54) is 6.33 Å². The number of hydrogen-bond donors (Lipinski definition) is 2. The molecule has 2 aromatic rings. The van der Waals surface area contributed by atoms with Crippen molar-refractivity contribution in [3.8, 4) is 0 Å². The number of rotatable bonds is 4. The molecule has 1 aromatic heterocycles. The van der Waals surface area contributed by atoms with Crippen LogP contribution in [0, 0.1) is 6.92 Å². The van der Waals surface area contributed by atoms with E-state index in [0.717, 1.165) is 27.9 Å². The lowest BCUT2D eigenvalue weighted by molar-refractivity contribution is 0.886. The van der Waals surface area contributed by atoms with Crippen LogP contribution in [0.1, 0.15) is 19.4 Å². The summed E-state index contributed by atoms with van der Waals surface area (Å²) in [5.74, 6) is 1.53. The van der Waals surface area contributed by atoms with E-state index < -0.39 is 0 Å². The Bertz CT molecular complexity index is 569. The highest BCUT2D eigenvalue weighted by atomic mass is 35.5. The van der Waals surface area contributed by atoms with Gasteiger partial charge < -0.3 is 10.6 Å². The van der Waals surface area contributed by atoms with E-state index in [4.69, 9.17) is 11.6 Å². The molecule has 2 N–H and O–H groups in total. The lowest BCUT2D eigenvalue weighted by Gasteiger charge is -2.11. The first-order valence-electron chi connectivity index (χ1n) is 6.16. The number of aromatic nitrogens is 2. The van der Waals surface area contributed by atoms with E-state index in [2.05, 4.69) is 34.4 Å².